The fourth-order valence-electron chi connectivity index (χ4n) is 3.45. The molecule has 0 aliphatic carbocycles. The van der Waals surface area contributed by atoms with E-state index in [1.165, 1.54) is 0 Å². The molecule has 2 atom stereocenters. The van der Waals surface area contributed by atoms with Gasteiger partial charge in [-0.2, -0.15) is 0 Å². The van der Waals surface area contributed by atoms with Gasteiger partial charge in [0, 0.05) is 19.6 Å². The molecule has 2 rings (SSSR count). The van der Waals surface area contributed by atoms with Crippen LogP contribution >= 0.6 is 0 Å². The van der Waals surface area contributed by atoms with Crippen molar-refractivity contribution >= 4 is 11.8 Å². The summed E-state index contributed by atoms with van der Waals surface area (Å²) in [6, 6.07) is 9.22. The van der Waals surface area contributed by atoms with Crippen LogP contribution in [0, 0.1) is 0 Å². The average Bonchev–Trinajstić information content (AvgIpc) is 2.69. The third kappa shape index (κ3) is 4.92. The van der Waals surface area contributed by atoms with Crippen molar-refractivity contribution < 1.29 is 23.8 Å². The lowest BCUT2D eigenvalue weighted by atomic mass is 9.72. The maximum absolute atomic E-state index is 12.9. The molecule has 1 saturated heterocycles. The van der Waals surface area contributed by atoms with Crippen molar-refractivity contribution in [2.75, 3.05) is 19.8 Å². The molecule has 1 aromatic carbocycles. The number of esters is 1. The van der Waals surface area contributed by atoms with Gasteiger partial charge in [-0.1, -0.05) is 37.3 Å². The highest BCUT2D eigenvalue weighted by Gasteiger charge is 2.47. The second-order valence-electron chi connectivity index (χ2n) is 6.54. The standard InChI is InChI=1S/C21H30O5/c1-3-18(22)21(20(23)24-4-2,17-11-6-5-7-12-17)14-10-16-26-19-13-8-9-15-25-19/h5-7,11-12,19H,3-4,8-10,13-16H2,1-2H3/t19-,21+/m0/s1. The summed E-state index contributed by atoms with van der Waals surface area (Å²) in [7, 11) is 0. The first kappa shape index (κ1) is 20.6. The number of hydrogen-bond donors (Lipinski definition) is 0. The Labute approximate surface area is 156 Å². The summed E-state index contributed by atoms with van der Waals surface area (Å²) >= 11 is 0. The maximum Gasteiger partial charge on any atom is 0.324 e. The molecule has 26 heavy (non-hydrogen) atoms. The van der Waals surface area contributed by atoms with E-state index in [0.717, 1.165) is 25.9 Å². The molecule has 0 amide bonds. The average molecular weight is 362 g/mol. The molecule has 1 aromatic rings. The minimum atomic E-state index is -1.26. The van der Waals surface area contributed by atoms with Crippen molar-refractivity contribution in [3.63, 3.8) is 0 Å². The van der Waals surface area contributed by atoms with Crippen LogP contribution in [-0.4, -0.2) is 37.9 Å². The number of carbonyl (C=O) groups excluding carboxylic acids is 2. The van der Waals surface area contributed by atoms with Crippen LogP contribution in [0.4, 0.5) is 0 Å². The van der Waals surface area contributed by atoms with Crippen molar-refractivity contribution in [2.24, 2.45) is 0 Å². The Morgan fingerprint density at radius 2 is 1.96 bits per heavy atom. The van der Waals surface area contributed by atoms with Gasteiger partial charge in [-0.3, -0.25) is 9.59 Å². The smallest absolute Gasteiger partial charge is 0.324 e. The number of benzene rings is 1. The number of Topliss-reactive ketones (excluding diaryl/α,β-unsaturated/α-hetero) is 1. The van der Waals surface area contributed by atoms with Gasteiger partial charge in [0.05, 0.1) is 6.61 Å². The molecule has 0 unspecified atom stereocenters. The summed E-state index contributed by atoms with van der Waals surface area (Å²) in [6.07, 6.45) is 4.14. The van der Waals surface area contributed by atoms with Crippen LogP contribution in [0.1, 0.15) is 57.9 Å². The molecule has 1 aliphatic heterocycles. The SMILES string of the molecule is CCOC(=O)[C@@](CCCO[C@H]1CCCCO1)(C(=O)CC)c1ccccc1. The number of ketones is 1. The van der Waals surface area contributed by atoms with Gasteiger partial charge in [-0.25, -0.2) is 0 Å². The largest absolute Gasteiger partial charge is 0.465 e. The molecule has 1 heterocycles. The van der Waals surface area contributed by atoms with E-state index in [1.54, 1.807) is 13.8 Å². The van der Waals surface area contributed by atoms with Gasteiger partial charge in [-0.15, -0.1) is 0 Å². The number of hydrogen-bond acceptors (Lipinski definition) is 5. The van der Waals surface area contributed by atoms with E-state index < -0.39 is 11.4 Å². The van der Waals surface area contributed by atoms with E-state index in [0.29, 0.717) is 25.0 Å². The summed E-state index contributed by atoms with van der Waals surface area (Å²) in [5.41, 5.74) is -0.567. The lowest BCUT2D eigenvalue weighted by Crippen LogP contribution is -2.45. The lowest BCUT2D eigenvalue weighted by Gasteiger charge is -2.31. The van der Waals surface area contributed by atoms with Crippen LogP contribution < -0.4 is 0 Å². The van der Waals surface area contributed by atoms with Gasteiger partial charge in [0.15, 0.2) is 17.5 Å². The molecule has 0 N–H and O–H groups in total. The monoisotopic (exact) mass is 362 g/mol. The van der Waals surface area contributed by atoms with Gasteiger partial charge in [0.25, 0.3) is 0 Å². The molecule has 0 spiro atoms. The Kier molecular flexibility index (Phi) is 8.26. The molecular formula is C21H30O5. The Morgan fingerprint density at radius 3 is 2.58 bits per heavy atom. The van der Waals surface area contributed by atoms with Gasteiger partial charge < -0.3 is 14.2 Å². The Bertz CT molecular complexity index is 565. The first-order valence-electron chi connectivity index (χ1n) is 9.64. The number of rotatable bonds is 10. The van der Waals surface area contributed by atoms with Gasteiger partial charge >= 0.3 is 5.97 Å². The highest BCUT2D eigenvalue weighted by atomic mass is 16.7. The van der Waals surface area contributed by atoms with E-state index >= 15 is 0 Å². The minimum Gasteiger partial charge on any atom is -0.465 e. The maximum atomic E-state index is 12.9. The fraction of sp³-hybridized carbons (Fsp3) is 0.619. The Morgan fingerprint density at radius 1 is 1.19 bits per heavy atom. The summed E-state index contributed by atoms with van der Waals surface area (Å²) in [6.45, 7) is 4.97. The van der Waals surface area contributed by atoms with Crippen molar-refractivity contribution in [1.29, 1.82) is 0 Å². The van der Waals surface area contributed by atoms with Crippen LogP contribution in [-0.2, 0) is 29.2 Å². The molecule has 0 aromatic heterocycles. The second-order valence-corrected chi connectivity index (χ2v) is 6.54. The number of carbonyl (C=O) groups is 2. The van der Waals surface area contributed by atoms with E-state index in [-0.39, 0.29) is 25.1 Å². The zero-order valence-electron chi connectivity index (χ0n) is 15.9. The quantitative estimate of drug-likeness (QED) is 0.360. The van der Waals surface area contributed by atoms with Crippen molar-refractivity contribution in [3.8, 4) is 0 Å². The summed E-state index contributed by atoms with van der Waals surface area (Å²) in [5, 5.41) is 0. The molecule has 0 radical (unpaired) electrons. The lowest BCUT2D eigenvalue weighted by molar-refractivity contribution is -0.164. The van der Waals surface area contributed by atoms with Crippen LogP contribution in [0.5, 0.6) is 0 Å². The van der Waals surface area contributed by atoms with Crippen LogP contribution in [0.25, 0.3) is 0 Å². The van der Waals surface area contributed by atoms with Crippen molar-refractivity contribution in [3.05, 3.63) is 35.9 Å². The molecular weight excluding hydrogens is 332 g/mol. The first-order chi connectivity index (χ1) is 12.6. The van der Waals surface area contributed by atoms with Crippen LogP contribution in [0.2, 0.25) is 0 Å². The normalized spacial score (nSPS) is 19.5. The molecule has 0 saturated carbocycles. The highest BCUT2D eigenvalue weighted by molar-refractivity contribution is 6.09. The van der Waals surface area contributed by atoms with E-state index in [4.69, 9.17) is 14.2 Å². The molecule has 1 fully saturated rings. The third-order valence-corrected chi connectivity index (χ3v) is 4.83. The van der Waals surface area contributed by atoms with E-state index in [9.17, 15) is 9.59 Å². The summed E-state index contributed by atoms with van der Waals surface area (Å²) in [4.78, 5) is 25.7. The van der Waals surface area contributed by atoms with E-state index in [1.807, 2.05) is 30.3 Å². The molecule has 1 aliphatic rings. The predicted octanol–water partition coefficient (Wildman–Crippen LogP) is 3.79. The summed E-state index contributed by atoms with van der Waals surface area (Å²) in [5.74, 6) is -0.581. The topological polar surface area (TPSA) is 61.8 Å². The molecule has 5 nitrogen and oxygen atoms in total. The molecule has 0 bridgehead atoms. The van der Waals surface area contributed by atoms with Crippen molar-refractivity contribution in [2.45, 2.75) is 64.1 Å². The van der Waals surface area contributed by atoms with Crippen LogP contribution in [0.3, 0.4) is 0 Å². The van der Waals surface area contributed by atoms with Gasteiger partial charge in [0.2, 0.25) is 0 Å². The molecule has 144 valence electrons. The zero-order valence-corrected chi connectivity index (χ0v) is 15.9. The highest BCUT2D eigenvalue weighted by Crippen LogP contribution is 2.34. The van der Waals surface area contributed by atoms with E-state index in [2.05, 4.69) is 0 Å². The zero-order chi connectivity index (χ0) is 18.8. The second kappa shape index (κ2) is 10.4. The Balaban J connectivity index is 2.13. The molecule has 5 heteroatoms. The first-order valence-corrected chi connectivity index (χ1v) is 9.64. The summed E-state index contributed by atoms with van der Waals surface area (Å²) < 4.78 is 16.7. The van der Waals surface area contributed by atoms with Gasteiger partial charge in [0.1, 0.15) is 0 Å². The predicted molar refractivity (Wildman–Crippen MR) is 98.8 cm³/mol. The Hall–Kier alpha value is -1.72. The van der Waals surface area contributed by atoms with Gasteiger partial charge in [-0.05, 0) is 44.6 Å². The fourth-order valence-corrected chi connectivity index (χ4v) is 3.45. The number of ether oxygens (including phenoxy) is 3. The third-order valence-electron chi connectivity index (χ3n) is 4.83. The van der Waals surface area contributed by atoms with Crippen molar-refractivity contribution in [1.82, 2.24) is 0 Å². The van der Waals surface area contributed by atoms with Crippen LogP contribution in [0.15, 0.2) is 30.3 Å². The minimum absolute atomic E-state index is 0.115.